The lowest BCUT2D eigenvalue weighted by Gasteiger charge is -2.02. The number of nitrogens with two attached hydrogens (primary N) is 1. The van der Waals surface area contributed by atoms with Gasteiger partial charge in [-0.25, -0.2) is 9.66 Å². The van der Waals surface area contributed by atoms with Crippen molar-refractivity contribution in [1.29, 1.82) is 0 Å². The first kappa shape index (κ1) is 19.0. The molecule has 0 unspecified atom stereocenters. The summed E-state index contributed by atoms with van der Waals surface area (Å²) in [4.78, 5) is 17.3. The predicted octanol–water partition coefficient (Wildman–Crippen LogP) is 3.39. The summed E-state index contributed by atoms with van der Waals surface area (Å²) in [6, 6.07) is 5.50. The number of carbonyl (C=O) groups excluding carboxylic acids is 1. The summed E-state index contributed by atoms with van der Waals surface area (Å²) in [7, 11) is 0. The van der Waals surface area contributed by atoms with Gasteiger partial charge in [-0.1, -0.05) is 41.0 Å². The summed E-state index contributed by atoms with van der Waals surface area (Å²) < 4.78 is 1.34. The van der Waals surface area contributed by atoms with E-state index in [2.05, 4.69) is 20.5 Å². The average molecular weight is 429 g/mol. The van der Waals surface area contributed by atoms with Gasteiger partial charge < -0.3 is 11.2 Å². The molecule has 0 fully saturated rings. The second-order valence-electron chi connectivity index (χ2n) is 5.29. The van der Waals surface area contributed by atoms with Crippen molar-refractivity contribution in [3.63, 3.8) is 0 Å². The van der Waals surface area contributed by atoms with Crippen molar-refractivity contribution < 1.29 is 4.79 Å². The van der Waals surface area contributed by atoms with E-state index < -0.39 is 0 Å². The average Bonchev–Trinajstić information content (AvgIpc) is 3.17. The van der Waals surface area contributed by atoms with Crippen LogP contribution in [0.4, 0.5) is 5.13 Å². The second kappa shape index (κ2) is 8.26. The van der Waals surface area contributed by atoms with E-state index in [-0.39, 0.29) is 11.7 Å². The Morgan fingerprint density at radius 3 is 2.85 bits per heavy atom. The first-order valence-electron chi connectivity index (χ1n) is 7.40. The lowest BCUT2D eigenvalue weighted by Crippen LogP contribution is -2.16. The smallest absolute Gasteiger partial charge is 0.236 e. The lowest BCUT2D eigenvalue weighted by molar-refractivity contribution is -0.113. The topological polar surface area (TPSA) is 98.7 Å². The maximum absolute atomic E-state index is 12.1. The summed E-state index contributed by atoms with van der Waals surface area (Å²) in [6.07, 6.45) is 2.39. The summed E-state index contributed by atoms with van der Waals surface area (Å²) in [5.41, 5.74) is 1.02. The number of hydrogen-bond acceptors (Lipinski definition) is 7. The van der Waals surface area contributed by atoms with Crippen molar-refractivity contribution in [1.82, 2.24) is 19.9 Å². The van der Waals surface area contributed by atoms with Gasteiger partial charge in [0.05, 0.1) is 15.8 Å². The van der Waals surface area contributed by atoms with Crippen LogP contribution < -0.4 is 11.2 Å². The van der Waals surface area contributed by atoms with Crippen molar-refractivity contribution in [3.05, 3.63) is 50.7 Å². The molecular weight excluding hydrogens is 415 g/mol. The van der Waals surface area contributed by atoms with Gasteiger partial charge in [-0.3, -0.25) is 4.79 Å². The Labute approximate surface area is 167 Å². The number of aryl methyl sites for hydroxylation is 1. The monoisotopic (exact) mass is 428 g/mol. The Kier molecular flexibility index (Phi) is 6.02. The van der Waals surface area contributed by atoms with Gasteiger partial charge in [0.25, 0.3) is 0 Å². The van der Waals surface area contributed by atoms with E-state index in [1.807, 2.05) is 12.1 Å². The summed E-state index contributed by atoms with van der Waals surface area (Å²) in [5.74, 6) is 6.31. The van der Waals surface area contributed by atoms with Crippen LogP contribution in [0.1, 0.15) is 16.3 Å². The number of nitrogens with one attached hydrogen (secondary N) is 1. The first-order chi connectivity index (χ1) is 12.4. The van der Waals surface area contributed by atoms with E-state index in [0.29, 0.717) is 32.6 Å². The molecule has 0 atom stereocenters. The molecule has 3 aromatic rings. The molecule has 0 spiro atoms. The molecule has 0 saturated carbocycles. The van der Waals surface area contributed by atoms with E-state index >= 15 is 0 Å². The van der Waals surface area contributed by atoms with Crippen LogP contribution >= 0.6 is 46.3 Å². The highest BCUT2D eigenvalue weighted by Gasteiger charge is 2.12. The number of halogens is 2. The minimum absolute atomic E-state index is 0.164. The van der Waals surface area contributed by atoms with Gasteiger partial charge in [0.15, 0.2) is 5.13 Å². The van der Waals surface area contributed by atoms with Crippen molar-refractivity contribution >= 4 is 57.3 Å². The zero-order valence-electron chi connectivity index (χ0n) is 13.6. The zero-order valence-corrected chi connectivity index (χ0v) is 16.7. The second-order valence-corrected chi connectivity index (χ2v) is 8.17. The van der Waals surface area contributed by atoms with Crippen LogP contribution in [0, 0.1) is 6.92 Å². The summed E-state index contributed by atoms with van der Waals surface area (Å²) in [6.45, 7) is 1.74. The number of hydrogen-bond donors (Lipinski definition) is 2. The van der Waals surface area contributed by atoms with Gasteiger partial charge >= 0.3 is 0 Å². The molecule has 0 aliphatic rings. The molecule has 1 aromatic carbocycles. The molecule has 1 amide bonds. The molecule has 7 nitrogen and oxygen atoms in total. The van der Waals surface area contributed by atoms with E-state index in [9.17, 15) is 4.79 Å². The van der Waals surface area contributed by atoms with Crippen molar-refractivity contribution in [2.24, 2.45) is 0 Å². The Hall–Kier alpha value is -1.81. The molecule has 3 N–H and O–H groups in total. The molecule has 11 heteroatoms. The maximum Gasteiger partial charge on any atom is 0.236 e. The van der Waals surface area contributed by atoms with Crippen LogP contribution in [0.5, 0.6) is 0 Å². The van der Waals surface area contributed by atoms with Crippen molar-refractivity contribution in [3.8, 4) is 0 Å². The molecule has 0 saturated heterocycles. The number of nitrogens with zero attached hydrogens (tertiary/aromatic N) is 4. The number of rotatable bonds is 6. The largest absolute Gasteiger partial charge is 0.336 e. The third-order valence-electron chi connectivity index (χ3n) is 3.33. The molecule has 2 aromatic heterocycles. The molecule has 0 radical (unpaired) electrons. The molecule has 0 aliphatic carbocycles. The number of thiazole rings is 1. The van der Waals surface area contributed by atoms with Gasteiger partial charge in [0.1, 0.15) is 5.82 Å². The third kappa shape index (κ3) is 4.67. The molecular formula is C15H14Cl2N6OS2. The standard InChI is InChI=1S/C15H14Cl2N6OS2/c1-8-21-22-15(23(8)18)25-7-13(24)20-14-19-6-10(26-14)4-9-2-3-11(16)12(17)5-9/h2-3,5-6H,4,7,18H2,1H3,(H,19,20,24). The van der Waals surface area contributed by atoms with E-state index in [0.717, 1.165) is 10.4 Å². The minimum Gasteiger partial charge on any atom is -0.336 e. The normalized spacial score (nSPS) is 10.9. The van der Waals surface area contributed by atoms with Crippen molar-refractivity contribution in [2.45, 2.75) is 18.5 Å². The quantitative estimate of drug-likeness (QED) is 0.461. The molecule has 136 valence electrons. The van der Waals surface area contributed by atoms with Gasteiger partial charge in [-0.2, -0.15) is 0 Å². The third-order valence-corrected chi connectivity index (χ3v) is 5.92. The number of carbonyl (C=O) groups is 1. The highest BCUT2D eigenvalue weighted by molar-refractivity contribution is 7.99. The van der Waals surface area contributed by atoms with Crippen LogP contribution in [0.3, 0.4) is 0 Å². The Morgan fingerprint density at radius 2 is 2.15 bits per heavy atom. The highest BCUT2D eigenvalue weighted by Crippen LogP contribution is 2.26. The fourth-order valence-corrected chi connectivity index (χ4v) is 3.92. The van der Waals surface area contributed by atoms with Gasteiger partial charge in [-0.15, -0.1) is 21.5 Å². The Balaban J connectivity index is 1.55. The van der Waals surface area contributed by atoms with E-state index in [1.165, 1.54) is 27.8 Å². The fraction of sp³-hybridized carbons (Fsp3) is 0.200. The Bertz CT molecular complexity index is 942. The van der Waals surface area contributed by atoms with Crippen LogP contribution in [0.2, 0.25) is 10.0 Å². The van der Waals surface area contributed by atoms with Gasteiger partial charge in [0, 0.05) is 17.5 Å². The van der Waals surface area contributed by atoms with Gasteiger partial charge in [-0.05, 0) is 24.6 Å². The SMILES string of the molecule is Cc1nnc(SCC(=O)Nc2ncc(Cc3ccc(Cl)c(Cl)c3)s2)n1N. The first-order valence-corrected chi connectivity index (χ1v) is 9.96. The molecule has 0 bridgehead atoms. The van der Waals surface area contributed by atoms with Crippen molar-refractivity contribution in [2.75, 3.05) is 16.9 Å². The van der Waals surface area contributed by atoms with Crippen LogP contribution in [0.15, 0.2) is 29.6 Å². The lowest BCUT2D eigenvalue weighted by atomic mass is 10.1. The van der Waals surface area contributed by atoms with Crippen LogP contribution in [0.25, 0.3) is 0 Å². The highest BCUT2D eigenvalue weighted by atomic mass is 35.5. The maximum atomic E-state index is 12.1. The molecule has 0 aliphatic heterocycles. The summed E-state index contributed by atoms with van der Waals surface area (Å²) in [5, 5.41) is 12.6. The number of aromatic nitrogens is 4. The minimum atomic E-state index is -0.189. The fourth-order valence-electron chi connectivity index (χ4n) is 2.03. The molecule has 2 heterocycles. The number of benzene rings is 1. The number of nitrogen functional groups attached to an aromatic ring is 1. The number of amides is 1. The molecule has 26 heavy (non-hydrogen) atoms. The molecule has 3 rings (SSSR count). The number of anilines is 1. The zero-order chi connectivity index (χ0) is 18.7. The number of thioether (sulfide) groups is 1. The van der Waals surface area contributed by atoms with Crippen LogP contribution in [-0.2, 0) is 11.2 Å². The van der Waals surface area contributed by atoms with E-state index in [1.54, 1.807) is 19.2 Å². The van der Waals surface area contributed by atoms with Crippen LogP contribution in [-0.4, -0.2) is 31.5 Å². The predicted molar refractivity (Wildman–Crippen MR) is 106 cm³/mol. The Morgan fingerprint density at radius 1 is 1.35 bits per heavy atom. The van der Waals surface area contributed by atoms with E-state index in [4.69, 9.17) is 29.0 Å². The van der Waals surface area contributed by atoms with Gasteiger partial charge in [0.2, 0.25) is 11.1 Å². The summed E-state index contributed by atoms with van der Waals surface area (Å²) >= 11 is 14.6.